The molecule has 0 fully saturated rings. The lowest BCUT2D eigenvalue weighted by atomic mass is 10.2. The molecule has 13 heavy (non-hydrogen) atoms. The SMILES string of the molecule is CCNC(CO)c1ccc(Br)cn1. The third kappa shape index (κ3) is 3.06. The van der Waals surface area contributed by atoms with E-state index in [0.29, 0.717) is 0 Å². The second kappa shape index (κ2) is 5.32. The number of nitrogens with one attached hydrogen (secondary N) is 1. The molecule has 0 saturated carbocycles. The summed E-state index contributed by atoms with van der Waals surface area (Å²) in [5.41, 5.74) is 0.868. The number of hydrogen-bond donors (Lipinski definition) is 2. The summed E-state index contributed by atoms with van der Waals surface area (Å²) in [7, 11) is 0. The summed E-state index contributed by atoms with van der Waals surface area (Å²) >= 11 is 3.31. The monoisotopic (exact) mass is 244 g/mol. The smallest absolute Gasteiger partial charge is 0.0729 e. The fourth-order valence-electron chi connectivity index (χ4n) is 1.10. The van der Waals surface area contributed by atoms with Crippen molar-refractivity contribution in [3.05, 3.63) is 28.5 Å². The molecule has 0 spiro atoms. The van der Waals surface area contributed by atoms with Crippen molar-refractivity contribution in [1.29, 1.82) is 0 Å². The molecular weight excluding hydrogens is 232 g/mol. The number of halogens is 1. The van der Waals surface area contributed by atoms with E-state index in [9.17, 15) is 0 Å². The number of rotatable bonds is 4. The molecule has 0 aromatic carbocycles. The molecule has 3 nitrogen and oxygen atoms in total. The molecule has 0 amide bonds. The largest absolute Gasteiger partial charge is 0.394 e. The van der Waals surface area contributed by atoms with Gasteiger partial charge in [0.25, 0.3) is 0 Å². The minimum absolute atomic E-state index is 0.0573. The molecular formula is C9H13BrN2O. The van der Waals surface area contributed by atoms with E-state index in [1.807, 2.05) is 19.1 Å². The first-order valence-electron chi connectivity index (χ1n) is 4.23. The highest BCUT2D eigenvalue weighted by Crippen LogP contribution is 2.12. The van der Waals surface area contributed by atoms with Gasteiger partial charge in [-0.3, -0.25) is 4.98 Å². The van der Waals surface area contributed by atoms with Gasteiger partial charge in [-0.25, -0.2) is 0 Å². The molecule has 1 aromatic heterocycles. The second-order valence-corrected chi connectivity index (χ2v) is 3.61. The molecule has 0 radical (unpaired) electrons. The molecule has 0 aliphatic heterocycles. The zero-order chi connectivity index (χ0) is 9.68. The first-order chi connectivity index (χ1) is 6.27. The molecule has 0 aliphatic rings. The lowest BCUT2D eigenvalue weighted by molar-refractivity contribution is 0.244. The van der Waals surface area contributed by atoms with Crippen LogP contribution in [0.1, 0.15) is 18.7 Å². The number of aliphatic hydroxyl groups is 1. The highest BCUT2D eigenvalue weighted by molar-refractivity contribution is 9.10. The number of aliphatic hydroxyl groups excluding tert-OH is 1. The van der Waals surface area contributed by atoms with Crippen molar-refractivity contribution in [2.45, 2.75) is 13.0 Å². The zero-order valence-electron chi connectivity index (χ0n) is 7.50. The molecule has 1 atom stereocenters. The van der Waals surface area contributed by atoms with Crippen LogP contribution in [0.25, 0.3) is 0 Å². The number of aromatic nitrogens is 1. The molecule has 4 heteroatoms. The van der Waals surface area contributed by atoms with Gasteiger partial charge < -0.3 is 10.4 Å². The first-order valence-corrected chi connectivity index (χ1v) is 5.03. The summed E-state index contributed by atoms with van der Waals surface area (Å²) in [6.45, 7) is 2.90. The Balaban J connectivity index is 2.73. The average Bonchev–Trinajstić information content (AvgIpc) is 2.16. The van der Waals surface area contributed by atoms with Crippen LogP contribution in [0.5, 0.6) is 0 Å². The van der Waals surface area contributed by atoms with E-state index in [2.05, 4.69) is 26.2 Å². The van der Waals surface area contributed by atoms with Gasteiger partial charge in [-0.05, 0) is 34.6 Å². The Hall–Kier alpha value is -0.450. The van der Waals surface area contributed by atoms with Crippen molar-refractivity contribution < 1.29 is 5.11 Å². The van der Waals surface area contributed by atoms with Gasteiger partial charge in [0, 0.05) is 10.7 Å². The summed E-state index contributed by atoms with van der Waals surface area (Å²) in [5, 5.41) is 12.2. The third-order valence-corrected chi connectivity index (χ3v) is 2.21. The Kier molecular flexibility index (Phi) is 4.35. The van der Waals surface area contributed by atoms with Crippen LogP contribution in [0.15, 0.2) is 22.8 Å². The van der Waals surface area contributed by atoms with Crippen molar-refractivity contribution in [2.24, 2.45) is 0 Å². The van der Waals surface area contributed by atoms with E-state index in [-0.39, 0.29) is 12.6 Å². The lowest BCUT2D eigenvalue weighted by Gasteiger charge is -2.13. The molecule has 2 N–H and O–H groups in total. The molecule has 1 aromatic rings. The molecule has 1 heterocycles. The predicted molar refractivity (Wildman–Crippen MR) is 55.4 cm³/mol. The van der Waals surface area contributed by atoms with Gasteiger partial charge in [-0.2, -0.15) is 0 Å². The fraction of sp³-hybridized carbons (Fsp3) is 0.444. The summed E-state index contributed by atoms with van der Waals surface area (Å²) in [6, 6.07) is 3.76. The number of hydrogen-bond acceptors (Lipinski definition) is 3. The Morgan fingerprint density at radius 1 is 1.62 bits per heavy atom. The number of nitrogens with zero attached hydrogens (tertiary/aromatic N) is 1. The van der Waals surface area contributed by atoms with Crippen LogP contribution >= 0.6 is 15.9 Å². The van der Waals surface area contributed by atoms with Crippen LogP contribution in [-0.2, 0) is 0 Å². The standard InChI is InChI=1S/C9H13BrN2O/c1-2-11-9(6-13)8-4-3-7(10)5-12-8/h3-5,9,11,13H,2,6H2,1H3. The Morgan fingerprint density at radius 3 is 2.85 bits per heavy atom. The van der Waals surface area contributed by atoms with Crippen molar-refractivity contribution in [3.8, 4) is 0 Å². The Labute approximate surface area is 86.3 Å². The molecule has 0 bridgehead atoms. The quantitative estimate of drug-likeness (QED) is 0.844. The minimum Gasteiger partial charge on any atom is -0.394 e. The Morgan fingerprint density at radius 2 is 2.38 bits per heavy atom. The Bertz CT molecular complexity index is 250. The van der Waals surface area contributed by atoms with E-state index in [1.165, 1.54) is 0 Å². The van der Waals surface area contributed by atoms with E-state index >= 15 is 0 Å². The van der Waals surface area contributed by atoms with Crippen LogP contribution in [0, 0.1) is 0 Å². The van der Waals surface area contributed by atoms with Crippen molar-refractivity contribution in [2.75, 3.05) is 13.2 Å². The summed E-state index contributed by atoms with van der Waals surface area (Å²) in [4.78, 5) is 4.20. The van der Waals surface area contributed by atoms with Gasteiger partial charge in [0.2, 0.25) is 0 Å². The van der Waals surface area contributed by atoms with Crippen LogP contribution in [-0.4, -0.2) is 23.2 Å². The predicted octanol–water partition coefficient (Wildman–Crippen LogP) is 1.49. The highest BCUT2D eigenvalue weighted by atomic mass is 79.9. The van der Waals surface area contributed by atoms with Crippen LogP contribution < -0.4 is 5.32 Å². The second-order valence-electron chi connectivity index (χ2n) is 2.69. The molecule has 1 unspecified atom stereocenters. The maximum Gasteiger partial charge on any atom is 0.0729 e. The molecule has 0 saturated heterocycles. The zero-order valence-corrected chi connectivity index (χ0v) is 9.08. The molecule has 1 rings (SSSR count). The van der Waals surface area contributed by atoms with Gasteiger partial charge in [0.15, 0.2) is 0 Å². The maximum atomic E-state index is 9.07. The van der Waals surface area contributed by atoms with Gasteiger partial charge in [-0.1, -0.05) is 6.92 Å². The van der Waals surface area contributed by atoms with Crippen LogP contribution in [0.2, 0.25) is 0 Å². The van der Waals surface area contributed by atoms with E-state index in [4.69, 9.17) is 5.11 Å². The summed E-state index contributed by atoms with van der Waals surface area (Å²) in [5.74, 6) is 0. The van der Waals surface area contributed by atoms with Gasteiger partial charge in [-0.15, -0.1) is 0 Å². The summed E-state index contributed by atoms with van der Waals surface area (Å²) in [6.07, 6.45) is 1.73. The van der Waals surface area contributed by atoms with Gasteiger partial charge >= 0.3 is 0 Å². The van der Waals surface area contributed by atoms with Crippen molar-refractivity contribution in [3.63, 3.8) is 0 Å². The van der Waals surface area contributed by atoms with E-state index in [1.54, 1.807) is 6.20 Å². The molecule has 0 aliphatic carbocycles. The van der Waals surface area contributed by atoms with Gasteiger partial charge in [0.05, 0.1) is 18.3 Å². The fourth-order valence-corrected chi connectivity index (χ4v) is 1.34. The van der Waals surface area contributed by atoms with Gasteiger partial charge in [0.1, 0.15) is 0 Å². The summed E-state index contributed by atoms with van der Waals surface area (Å²) < 4.78 is 0.949. The lowest BCUT2D eigenvalue weighted by Crippen LogP contribution is -2.24. The van der Waals surface area contributed by atoms with E-state index in [0.717, 1.165) is 16.7 Å². The van der Waals surface area contributed by atoms with Crippen LogP contribution in [0.3, 0.4) is 0 Å². The third-order valence-electron chi connectivity index (χ3n) is 1.74. The topological polar surface area (TPSA) is 45.1 Å². The minimum atomic E-state index is -0.0573. The maximum absolute atomic E-state index is 9.07. The first kappa shape index (κ1) is 10.6. The normalized spacial score (nSPS) is 12.8. The van der Waals surface area contributed by atoms with Crippen molar-refractivity contribution >= 4 is 15.9 Å². The molecule has 72 valence electrons. The number of pyridine rings is 1. The van der Waals surface area contributed by atoms with Crippen molar-refractivity contribution in [1.82, 2.24) is 10.3 Å². The number of likely N-dealkylation sites (N-methyl/N-ethyl adjacent to an activating group) is 1. The highest BCUT2D eigenvalue weighted by Gasteiger charge is 2.08. The van der Waals surface area contributed by atoms with E-state index < -0.39 is 0 Å². The average molecular weight is 245 g/mol. The van der Waals surface area contributed by atoms with Crippen LogP contribution in [0.4, 0.5) is 0 Å².